The molecule has 3 rings (SSSR count). The molecule has 1 saturated heterocycles. The SMILES string of the molecule is CC1(c2nc(CC3CCCNC3)no2)CCCC1. The van der Waals surface area contributed by atoms with E-state index in [2.05, 4.69) is 22.4 Å². The van der Waals surface area contributed by atoms with Gasteiger partial charge in [-0.25, -0.2) is 0 Å². The summed E-state index contributed by atoms with van der Waals surface area (Å²) in [5, 5.41) is 7.62. The molecule has 1 unspecified atom stereocenters. The number of rotatable bonds is 3. The predicted octanol–water partition coefficient (Wildman–Crippen LogP) is 2.44. The van der Waals surface area contributed by atoms with Gasteiger partial charge in [0.05, 0.1) is 0 Å². The van der Waals surface area contributed by atoms with E-state index in [1.165, 1.54) is 38.5 Å². The highest BCUT2D eigenvalue weighted by atomic mass is 16.5. The van der Waals surface area contributed by atoms with E-state index in [9.17, 15) is 0 Å². The third kappa shape index (κ3) is 2.44. The summed E-state index contributed by atoms with van der Waals surface area (Å²) in [6.45, 7) is 4.52. The molecule has 2 heterocycles. The summed E-state index contributed by atoms with van der Waals surface area (Å²) in [5.74, 6) is 2.46. The monoisotopic (exact) mass is 249 g/mol. The highest BCUT2D eigenvalue weighted by Gasteiger charge is 2.36. The molecule has 4 heteroatoms. The van der Waals surface area contributed by atoms with Gasteiger partial charge < -0.3 is 9.84 Å². The van der Waals surface area contributed by atoms with E-state index in [1.807, 2.05) is 0 Å². The Morgan fingerprint density at radius 3 is 2.89 bits per heavy atom. The molecule has 1 aromatic heterocycles. The molecule has 0 spiro atoms. The maximum atomic E-state index is 5.51. The summed E-state index contributed by atoms with van der Waals surface area (Å²) in [5.41, 5.74) is 0.149. The molecule has 18 heavy (non-hydrogen) atoms. The quantitative estimate of drug-likeness (QED) is 0.894. The third-order valence-electron chi connectivity index (χ3n) is 4.56. The van der Waals surface area contributed by atoms with Crippen molar-refractivity contribution in [3.63, 3.8) is 0 Å². The Labute approximate surface area is 109 Å². The summed E-state index contributed by atoms with van der Waals surface area (Å²) >= 11 is 0. The van der Waals surface area contributed by atoms with Crippen LogP contribution in [0.1, 0.15) is 57.2 Å². The second-order valence-corrected chi connectivity index (χ2v) is 6.20. The van der Waals surface area contributed by atoms with Gasteiger partial charge in [0.1, 0.15) is 0 Å². The molecule has 1 N–H and O–H groups in total. The lowest BCUT2D eigenvalue weighted by Crippen LogP contribution is -2.31. The van der Waals surface area contributed by atoms with Crippen molar-refractivity contribution in [3.05, 3.63) is 11.7 Å². The van der Waals surface area contributed by atoms with Gasteiger partial charge >= 0.3 is 0 Å². The minimum Gasteiger partial charge on any atom is -0.339 e. The van der Waals surface area contributed by atoms with Gasteiger partial charge in [-0.1, -0.05) is 24.9 Å². The zero-order valence-electron chi connectivity index (χ0n) is 11.2. The predicted molar refractivity (Wildman–Crippen MR) is 69.4 cm³/mol. The summed E-state index contributed by atoms with van der Waals surface area (Å²) in [6, 6.07) is 0. The maximum absolute atomic E-state index is 5.51. The molecule has 2 fully saturated rings. The van der Waals surface area contributed by atoms with Crippen molar-refractivity contribution in [2.75, 3.05) is 13.1 Å². The highest BCUT2D eigenvalue weighted by molar-refractivity contribution is 5.06. The normalized spacial score (nSPS) is 27.5. The van der Waals surface area contributed by atoms with E-state index >= 15 is 0 Å². The largest absolute Gasteiger partial charge is 0.339 e. The van der Waals surface area contributed by atoms with Gasteiger partial charge in [-0.2, -0.15) is 4.98 Å². The molecule has 1 aliphatic heterocycles. The summed E-state index contributed by atoms with van der Waals surface area (Å²) < 4.78 is 5.51. The van der Waals surface area contributed by atoms with Gasteiger partial charge in [0.2, 0.25) is 5.89 Å². The Bertz CT molecular complexity index is 389. The van der Waals surface area contributed by atoms with Crippen molar-refractivity contribution in [1.29, 1.82) is 0 Å². The number of hydrogen-bond acceptors (Lipinski definition) is 4. The third-order valence-corrected chi connectivity index (χ3v) is 4.56. The average Bonchev–Trinajstić information content (AvgIpc) is 3.01. The number of piperidine rings is 1. The molecule has 1 saturated carbocycles. The maximum Gasteiger partial charge on any atom is 0.232 e. The number of nitrogens with one attached hydrogen (secondary N) is 1. The first-order valence-electron chi connectivity index (χ1n) is 7.30. The van der Waals surface area contributed by atoms with E-state index in [1.54, 1.807) is 0 Å². The number of aromatic nitrogens is 2. The second kappa shape index (κ2) is 5.00. The lowest BCUT2D eigenvalue weighted by Gasteiger charge is -2.21. The van der Waals surface area contributed by atoms with Crippen LogP contribution in [-0.2, 0) is 11.8 Å². The van der Waals surface area contributed by atoms with Crippen LogP contribution in [0, 0.1) is 5.92 Å². The van der Waals surface area contributed by atoms with Crippen LogP contribution in [0.5, 0.6) is 0 Å². The Balaban J connectivity index is 1.65. The van der Waals surface area contributed by atoms with Gasteiger partial charge in [0.25, 0.3) is 0 Å². The van der Waals surface area contributed by atoms with Crippen LogP contribution in [0.15, 0.2) is 4.52 Å². The van der Waals surface area contributed by atoms with Gasteiger partial charge in [0.15, 0.2) is 5.82 Å². The fourth-order valence-electron chi connectivity index (χ4n) is 3.31. The summed E-state index contributed by atoms with van der Waals surface area (Å²) in [7, 11) is 0. The van der Waals surface area contributed by atoms with Crippen LogP contribution in [0.25, 0.3) is 0 Å². The Morgan fingerprint density at radius 1 is 1.33 bits per heavy atom. The second-order valence-electron chi connectivity index (χ2n) is 6.20. The van der Waals surface area contributed by atoms with Crippen LogP contribution >= 0.6 is 0 Å². The average molecular weight is 249 g/mol. The van der Waals surface area contributed by atoms with Crippen molar-refractivity contribution >= 4 is 0 Å². The van der Waals surface area contributed by atoms with E-state index in [-0.39, 0.29) is 5.41 Å². The molecule has 0 aromatic carbocycles. The van der Waals surface area contributed by atoms with Crippen LogP contribution in [0.2, 0.25) is 0 Å². The van der Waals surface area contributed by atoms with Crippen molar-refractivity contribution in [2.45, 2.75) is 57.3 Å². The topological polar surface area (TPSA) is 51.0 Å². The smallest absolute Gasteiger partial charge is 0.232 e. The highest BCUT2D eigenvalue weighted by Crippen LogP contribution is 2.39. The zero-order valence-corrected chi connectivity index (χ0v) is 11.2. The lowest BCUT2D eigenvalue weighted by molar-refractivity contribution is 0.292. The number of hydrogen-bond donors (Lipinski definition) is 1. The first-order chi connectivity index (χ1) is 8.76. The fraction of sp³-hybridized carbons (Fsp3) is 0.857. The summed E-state index contributed by atoms with van der Waals surface area (Å²) in [4.78, 5) is 4.65. The van der Waals surface area contributed by atoms with E-state index in [4.69, 9.17) is 4.52 Å². The van der Waals surface area contributed by atoms with Crippen molar-refractivity contribution in [3.8, 4) is 0 Å². The fourth-order valence-corrected chi connectivity index (χ4v) is 3.31. The van der Waals surface area contributed by atoms with Gasteiger partial charge in [-0.3, -0.25) is 0 Å². The van der Waals surface area contributed by atoms with Gasteiger partial charge in [0, 0.05) is 11.8 Å². The van der Waals surface area contributed by atoms with Crippen molar-refractivity contribution < 1.29 is 4.52 Å². The van der Waals surface area contributed by atoms with E-state index < -0.39 is 0 Å². The molecule has 1 aliphatic carbocycles. The Hall–Kier alpha value is -0.900. The first-order valence-corrected chi connectivity index (χ1v) is 7.30. The van der Waals surface area contributed by atoms with E-state index in [0.717, 1.165) is 31.2 Å². The minimum absolute atomic E-state index is 0.149. The van der Waals surface area contributed by atoms with Crippen LogP contribution in [-0.4, -0.2) is 23.2 Å². The van der Waals surface area contributed by atoms with Crippen LogP contribution in [0.3, 0.4) is 0 Å². The molecule has 2 aliphatic rings. The molecule has 0 radical (unpaired) electrons. The lowest BCUT2D eigenvalue weighted by atomic mass is 9.89. The zero-order chi connectivity index (χ0) is 12.4. The first kappa shape index (κ1) is 12.2. The molecule has 0 amide bonds. The Kier molecular flexibility index (Phi) is 3.37. The standard InChI is InChI=1S/C14H23N3O/c1-14(6-2-3-7-14)13-16-12(17-18-13)9-11-5-4-8-15-10-11/h11,15H,2-10H2,1H3. The number of nitrogens with zero attached hydrogens (tertiary/aromatic N) is 2. The molecular formula is C14H23N3O. The summed E-state index contributed by atoms with van der Waals surface area (Å²) in [6.07, 6.45) is 8.49. The van der Waals surface area contributed by atoms with Gasteiger partial charge in [-0.05, 0) is 44.7 Å². The van der Waals surface area contributed by atoms with Crippen LogP contribution in [0.4, 0.5) is 0 Å². The minimum atomic E-state index is 0.149. The molecule has 100 valence electrons. The Morgan fingerprint density at radius 2 is 2.17 bits per heavy atom. The van der Waals surface area contributed by atoms with Crippen molar-refractivity contribution in [1.82, 2.24) is 15.5 Å². The van der Waals surface area contributed by atoms with E-state index in [0.29, 0.717) is 5.92 Å². The molecule has 1 atom stereocenters. The molecule has 0 bridgehead atoms. The molecule has 1 aromatic rings. The van der Waals surface area contributed by atoms with Crippen molar-refractivity contribution in [2.24, 2.45) is 5.92 Å². The van der Waals surface area contributed by atoms with Gasteiger partial charge in [-0.15, -0.1) is 0 Å². The van der Waals surface area contributed by atoms with Crippen LogP contribution < -0.4 is 5.32 Å². The molecular weight excluding hydrogens is 226 g/mol. The molecule has 4 nitrogen and oxygen atoms in total.